The summed E-state index contributed by atoms with van der Waals surface area (Å²) in [5.74, 6) is -1.10. The topological polar surface area (TPSA) is 47.6 Å². The van der Waals surface area contributed by atoms with Gasteiger partial charge in [0.1, 0.15) is 5.82 Å². The van der Waals surface area contributed by atoms with Crippen molar-refractivity contribution in [1.82, 2.24) is 5.32 Å². The van der Waals surface area contributed by atoms with E-state index in [0.29, 0.717) is 4.47 Å². The van der Waals surface area contributed by atoms with Gasteiger partial charge in [0.05, 0.1) is 11.6 Å². The van der Waals surface area contributed by atoms with Crippen molar-refractivity contribution in [3.63, 3.8) is 0 Å². The Labute approximate surface area is 114 Å². The highest BCUT2D eigenvalue weighted by Crippen LogP contribution is 2.19. The number of benzene rings is 1. The average Bonchev–Trinajstić information content (AvgIpc) is 2.30. The maximum Gasteiger partial charge on any atom is 0.255 e. The minimum absolute atomic E-state index is 0.0321. The van der Waals surface area contributed by atoms with Gasteiger partial charge in [-0.05, 0) is 35.0 Å². The van der Waals surface area contributed by atoms with Crippen molar-refractivity contribution in [1.29, 1.82) is 0 Å². The first kappa shape index (κ1) is 15.1. The number of nitrogens with one attached hydrogen (secondary N) is 1. The number of amides is 1. The Hall–Kier alpha value is -0.980. The van der Waals surface area contributed by atoms with Crippen LogP contribution in [0, 0.1) is 5.82 Å². The smallest absolute Gasteiger partial charge is 0.255 e. The van der Waals surface area contributed by atoms with Crippen molar-refractivity contribution in [2.24, 2.45) is 0 Å². The lowest BCUT2D eigenvalue weighted by Gasteiger charge is -2.22. The van der Waals surface area contributed by atoms with Crippen LogP contribution in [0.4, 0.5) is 4.39 Å². The zero-order chi connectivity index (χ0) is 13.7. The minimum Gasteiger partial charge on any atom is -0.354 e. The van der Waals surface area contributed by atoms with Gasteiger partial charge >= 0.3 is 0 Å². The standard InChI is InChI=1S/C12H15BrFNO3/c1-7(12(17-2)18-3)15-11(16)10-8(13)5-4-6-9(10)14/h4-7,12H,1-3H3,(H,15,16). The van der Waals surface area contributed by atoms with Gasteiger partial charge in [-0.25, -0.2) is 4.39 Å². The molecule has 0 fully saturated rings. The van der Waals surface area contributed by atoms with Gasteiger partial charge in [-0.3, -0.25) is 4.79 Å². The van der Waals surface area contributed by atoms with Gasteiger partial charge in [-0.1, -0.05) is 6.07 Å². The summed E-state index contributed by atoms with van der Waals surface area (Å²) in [6, 6.07) is 3.95. The minimum atomic E-state index is -0.584. The normalized spacial score (nSPS) is 12.6. The third-order valence-electron chi connectivity index (χ3n) is 2.42. The highest BCUT2D eigenvalue weighted by Gasteiger charge is 2.22. The maximum absolute atomic E-state index is 13.6. The quantitative estimate of drug-likeness (QED) is 0.847. The van der Waals surface area contributed by atoms with Crippen LogP contribution in [0.15, 0.2) is 22.7 Å². The van der Waals surface area contributed by atoms with Crippen LogP contribution < -0.4 is 5.32 Å². The molecule has 1 amide bonds. The van der Waals surface area contributed by atoms with Crippen molar-refractivity contribution in [2.75, 3.05) is 14.2 Å². The third-order valence-corrected chi connectivity index (χ3v) is 3.08. The summed E-state index contributed by atoms with van der Waals surface area (Å²) in [7, 11) is 2.94. The van der Waals surface area contributed by atoms with Crippen LogP contribution in [0.1, 0.15) is 17.3 Å². The van der Waals surface area contributed by atoms with Gasteiger partial charge in [-0.2, -0.15) is 0 Å². The second-order valence-electron chi connectivity index (χ2n) is 3.70. The fourth-order valence-electron chi connectivity index (χ4n) is 1.57. The van der Waals surface area contributed by atoms with Gasteiger partial charge in [-0.15, -0.1) is 0 Å². The van der Waals surface area contributed by atoms with E-state index in [-0.39, 0.29) is 5.56 Å². The monoisotopic (exact) mass is 319 g/mol. The molecule has 1 atom stereocenters. The lowest BCUT2D eigenvalue weighted by atomic mass is 10.2. The maximum atomic E-state index is 13.6. The van der Waals surface area contributed by atoms with Crippen LogP contribution in [0.25, 0.3) is 0 Å². The molecular weight excluding hydrogens is 305 g/mol. The van der Waals surface area contributed by atoms with Crippen LogP contribution in [0.3, 0.4) is 0 Å². The molecule has 0 bridgehead atoms. The van der Waals surface area contributed by atoms with E-state index in [1.165, 1.54) is 26.4 Å². The van der Waals surface area contributed by atoms with Crippen LogP contribution in [0.2, 0.25) is 0 Å². The first-order chi connectivity index (χ1) is 8.51. The molecule has 0 aromatic heterocycles. The highest BCUT2D eigenvalue weighted by atomic mass is 79.9. The molecular formula is C12H15BrFNO3. The van der Waals surface area contributed by atoms with Gasteiger partial charge in [0.15, 0.2) is 6.29 Å². The Morgan fingerprint density at radius 2 is 2.00 bits per heavy atom. The van der Waals surface area contributed by atoms with Gasteiger partial charge in [0.25, 0.3) is 5.91 Å². The molecule has 6 heteroatoms. The number of rotatable bonds is 5. The Bertz CT molecular complexity index is 404. The molecule has 18 heavy (non-hydrogen) atoms. The van der Waals surface area contributed by atoms with E-state index < -0.39 is 24.1 Å². The lowest BCUT2D eigenvalue weighted by molar-refractivity contribution is -0.117. The molecule has 1 rings (SSSR count). The summed E-state index contributed by atoms with van der Waals surface area (Å²) in [5.41, 5.74) is -0.0321. The van der Waals surface area contributed by atoms with E-state index in [9.17, 15) is 9.18 Å². The van der Waals surface area contributed by atoms with Crippen molar-refractivity contribution in [3.8, 4) is 0 Å². The summed E-state index contributed by atoms with van der Waals surface area (Å²) in [6.07, 6.45) is -0.584. The molecule has 1 N–H and O–H groups in total. The van der Waals surface area contributed by atoms with E-state index in [0.717, 1.165) is 0 Å². The molecule has 1 aromatic carbocycles. The SMILES string of the molecule is COC(OC)C(C)NC(=O)c1c(F)cccc1Br. The summed E-state index contributed by atoms with van der Waals surface area (Å²) in [6.45, 7) is 1.71. The van der Waals surface area contributed by atoms with Crippen LogP contribution >= 0.6 is 15.9 Å². The number of halogens is 2. The highest BCUT2D eigenvalue weighted by molar-refractivity contribution is 9.10. The molecule has 0 saturated carbocycles. The number of methoxy groups -OCH3 is 2. The van der Waals surface area contributed by atoms with Crippen molar-refractivity contribution >= 4 is 21.8 Å². The fourth-order valence-corrected chi connectivity index (χ4v) is 2.09. The molecule has 0 aliphatic carbocycles. The van der Waals surface area contributed by atoms with Crippen LogP contribution in [-0.4, -0.2) is 32.5 Å². The predicted molar refractivity (Wildman–Crippen MR) is 68.8 cm³/mol. The van der Waals surface area contributed by atoms with E-state index in [2.05, 4.69) is 21.2 Å². The number of ether oxygens (including phenoxy) is 2. The van der Waals surface area contributed by atoms with E-state index >= 15 is 0 Å². The Kier molecular flexibility index (Phi) is 5.71. The molecule has 1 unspecified atom stereocenters. The number of hydrogen-bond acceptors (Lipinski definition) is 3. The molecule has 0 aliphatic heterocycles. The molecule has 0 radical (unpaired) electrons. The first-order valence-corrected chi connectivity index (χ1v) is 6.11. The summed E-state index contributed by atoms with van der Waals surface area (Å²) < 4.78 is 24.0. The predicted octanol–water partition coefficient (Wildman–Crippen LogP) is 2.33. The molecule has 0 spiro atoms. The molecule has 1 aromatic rings. The van der Waals surface area contributed by atoms with E-state index in [1.54, 1.807) is 13.0 Å². The summed E-state index contributed by atoms with van der Waals surface area (Å²) in [5, 5.41) is 2.62. The number of carbonyl (C=O) groups excluding carboxylic acids is 1. The van der Waals surface area contributed by atoms with Crippen molar-refractivity contribution < 1.29 is 18.7 Å². The number of hydrogen-bond donors (Lipinski definition) is 1. The second-order valence-corrected chi connectivity index (χ2v) is 4.55. The molecule has 0 aliphatic rings. The lowest BCUT2D eigenvalue weighted by Crippen LogP contribution is -2.43. The van der Waals surface area contributed by atoms with E-state index in [1.807, 2.05) is 0 Å². The molecule has 0 saturated heterocycles. The molecule has 100 valence electrons. The van der Waals surface area contributed by atoms with Gasteiger partial charge in [0, 0.05) is 18.7 Å². The average molecular weight is 320 g/mol. The largest absolute Gasteiger partial charge is 0.354 e. The van der Waals surface area contributed by atoms with Crippen LogP contribution in [-0.2, 0) is 9.47 Å². The zero-order valence-corrected chi connectivity index (χ0v) is 12.0. The van der Waals surface area contributed by atoms with E-state index in [4.69, 9.17) is 9.47 Å². The Balaban J connectivity index is 2.83. The Morgan fingerprint density at radius 1 is 1.39 bits per heavy atom. The summed E-state index contributed by atoms with van der Waals surface area (Å²) >= 11 is 3.15. The van der Waals surface area contributed by atoms with Crippen molar-refractivity contribution in [3.05, 3.63) is 34.1 Å². The molecule has 0 heterocycles. The number of carbonyl (C=O) groups is 1. The van der Waals surface area contributed by atoms with Gasteiger partial charge < -0.3 is 14.8 Å². The third kappa shape index (κ3) is 3.51. The van der Waals surface area contributed by atoms with Crippen LogP contribution in [0.5, 0.6) is 0 Å². The zero-order valence-electron chi connectivity index (χ0n) is 10.4. The second kappa shape index (κ2) is 6.82. The Morgan fingerprint density at radius 3 is 2.50 bits per heavy atom. The summed E-state index contributed by atoms with van der Waals surface area (Å²) in [4.78, 5) is 11.9. The molecule has 4 nitrogen and oxygen atoms in total. The fraction of sp³-hybridized carbons (Fsp3) is 0.417. The first-order valence-electron chi connectivity index (χ1n) is 5.31. The van der Waals surface area contributed by atoms with Crippen molar-refractivity contribution in [2.45, 2.75) is 19.3 Å². The van der Waals surface area contributed by atoms with Gasteiger partial charge in [0.2, 0.25) is 0 Å².